The number of hydrogen-bond donors (Lipinski definition) is 1. The number of nitrogens with zero attached hydrogens (tertiary/aromatic N) is 2. The van der Waals surface area contributed by atoms with Crippen LogP contribution in [0.5, 0.6) is 0 Å². The summed E-state index contributed by atoms with van der Waals surface area (Å²) in [5, 5.41) is 12.5. The second-order valence-corrected chi connectivity index (χ2v) is 6.88. The Balaban J connectivity index is 1.89. The van der Waals surface area contributed by atoms with Crippen molar-refractivity contribution in [3.05, 3.63) is 113 Å². The van der Waals surface area contributed by atoms with Crippen molar-refractivity contribution in [2.75, 3.05) is 11.9 Å². The van der Waals surface area contributed by atoms with Gasteiger partial charge in [0.2, 0.25) is 0 Å². The van der Waals surface area contributed by atoms with Crippen molar-refractivity contribution in [3.63, 3.8) is 0 Å². The maximum Gasteiger partial charge on any atom is 0.272 e. The van der Waals surface area contributed by atoms with Gasteiger partial charge in [0.15, 0.2) is 5.78 Å². The van der Waals surface area contributed by atoms with Crippen LogP contribution in [-0.2, 0) is 4.79 Å². The number of Topliss-reactive ketones (excluding diaryl/α,β-unsaturated/α-hetero) is 1. The van der Waals surface area contributed by atoms with E-state index in [1.54, 1.807) is 24.3 Å². The predicted octanol–water partition coefficient (Wildman–Crippen LogP) is 4.34. The minimum atomic E-state index is -0.641. The van der Waals surface area contributed by atoms with Crippen LogP contribution in [0, 0.1) is 11.3 Å². The SMILES string of the molecule is N#CCN1C(=O)C(Nc2ccccc2)=C(C(=O)c2ccccc2)C1c1ccccc1. The van der Waals surface area contributed by atoms with Crippen molar-refractivity contribution in [1.82, 2.24) is 4.90 Å². The van der Waals surface area contributed by atoms with Crippen LogP contribution in [0.3, 0.4) is 0 Å². The minimum absolute atomic E-state index is 0.121. The van der Waals surface area contributed by atoms with E-state index in [-0.39, 0.29) is 23.9 Å². The lowest BCUT2D eigenvalue weighted by Gasteiger charge is -2.24. The first-order valence-corrected chi connectivity index (χ1v) is 9.59. The highest BCUT2D eigenvalue weighted by atomic mass is 16.2. The van der Waals surface area contributed by atoms with E-state index in [0.717, 1.165) is 5.56 Å². The summed E-state index contributed by atoms with van der Waals surface area (Å²) in [5.41, 5.74) is 2.53. The van der Waals surface area contributed by atoms with E-state index in [9.17, 15) is 14.9 Å². The normalized spacial score (nSPS) is 15.8. The second kappa shape index (κ2) is 8.46. The van der Waals surface area contributed by atoms with Gasteiger partial charge in [-0.05, 0) is 17.7 Å². The van der Waals surface area contributed by atoms with Gasteiger partial charge in [-0.2, -0.15) is 5.26 Å². The Labute approximate surface area is 174 Å². The molecule has 1 unspecified atom stereocenters. The van der Waals surface area contributed by atoms with E-state index in [2.05, 4.69) is 11.4 Å². The van der Waals surface area contributed by atoms with Crippen molar-refractivity contribution in [2.45, 2.75) is 6.04 Å². The summed E-state index contributed by atoms with van der Waals surface area (Å²) in [5.74, 6) is -0.606. The number of anilines is 1. The lowest BCUT2D eigenvalue weighted by atomic mass is 9.92. The molecule has 30 heavy (non-hydrogen) atoms. The average Bonchev–Trinajstić information content (AvgIpc) is 3.07. The molecular weight excluding hydrogens is 374 g/mol. The summed E-state index contributed by atoms with van der Waals surface area (Å²) in [6.07, 6.45) is 0. The van der Waals surface area contributed by atoms with Crippen LogP contribution >= 0.6 is 0 Å². The molecular formula is C25H19N3O2. The Bertz CT molecular complexity index is 1130. The molecule has 3 aromatic carbocycles. The molecule has 1 N–H and O–H groups in total. The summed E-state index contributed by atoms with van der Waals surface area (Å²) in [6.45, 7) is -0.121. The van der Waals surface area contributed by atoms with Gasteiger partial charge >= 0.3 is 0 Å². The number of ketones is 1. The quantitative estimate of drug-likeness (QED) is 0.499. The van der Waals surface area contributed by atoms with Gasteiger partial charge in [-0.25, -0.2) is 0 Å². The highest BCUT2D eigenvalue weighted by molar-refractivity contribution is 6.18. The summed E-state index contributed by atoms with van der Waals surface area (Å²) in [7, 11) is 0. The van der Waals surface area contributed by atoms with Crippen molar-refractivity contribution in [3.8, 4) is 6.07 Å². The largest absolute Gasteiger partial charge is 0.351 e. The molecule has 0 radical (unpaired) electrons. The van der Waals surface area contributed by atoms with Crippen LogP contribution in [-0.4, -0.2) is 23.1 Å². The van der Waals surface area contributed by atoms with Gasteiger partial charge in [0.05, 0.1) is 17.7 Å². The molecule has 0 bridgehead atoms. The van der Waals surface area contributed by atoms with Gasteiger partial charge in [-0.1, -0.05) is 78.9 Å². The summed E-state index contributed by atoms with van der Waals surface area (Å²) < 4.78 is 0. The number of carbonyl (C=O) groups excluding carboxylic acids is 2. The highest BCUT2D eigenvalue weighted by Crippen LogP contribution is 2.39. The molecule has 0 saturated carbocycles. The molecule has 5 heteroatoms. The molecule has 3 aromatic rings. The van der Waals surface area contributed by atoms with Crippen LogP contribution < -0.4 is 5.32 Å². The first-order valence-electron chi connectivity index (χ1n) is 9.59. The second-order valence-electron chi connectivity index (χ2n) is 6.88. The van der Waals surface area contributed by atoms with Gasteiger partial charge in [0, 0.05) is 11.3 Å². The van der Waals surface area contributed by atoms with Crippen LogP contribution in [0.4, 0.5) is 5.69 Å². The van der Waals surface area contributed by atoms with Crippen LogP contribution in [0.1, 0.15) is 22.0 Å². The molecule has 0 aromatic heterocycles. The van der Waals surface area contributed by atoms with Gasteiger partial charge in [-0.3, -0.25) is 9.59 Å². The Hall–Kier alpha value is -4.17. The zero-order chi connectivity index (χ0) is 20.9. The maximum absolute atomic E-state index is 13.6. The van der Waals surface area contributed by atoms with Gasteiger partial charge in [0.1, 0.15) is 12.2 Å². The van der Waals surface area contributed by atoms with Crippen LogP contribution in [0.15, 0.2) is 102 Å². The molecule has 1 amide bonds. The number of carbonyl (C=O) groups is 2. The molecule has 0 aliphatic carbocycles. The van der Waals surface area contributed by atoms with E-state index in [4.69, 9.17) is 0 Å². The lowest BCUT2D eigenvalue weighted by molar-refractivity contribution is -0.126. The number of nitrogens with one attached hydrogen (secondary N) is 1. The van der Waals surface area contributed by atoms with Gasteiger partial charge < -0.3 is 10.2 Å². The number of rotatable bonds is 6. The van der Waals surface area contributed by atoms with Crippen LogP contribution in [0.25, 0.3) is 0 Å². The van der Waals surface area contributed by atoms with E-state index >= 15 is 0 Å². The van der Waals surface area contributed by atoms with Crippen molar-refractivity contribution in [2.24, 2.45) is 0 Å². The molecule has 1 heterocycles. The fourth-order valence-corrected chi connectivity index (χ4v) is 3.66. The van der Waals surface area contributed by atoms with E-state index < -0.39 is 6.04 Å². The molecule has 0 saturated heterocycles. The first kappa shape index (κ1) is 19.2. The number of nitriles is 1. The third kappa shape index (κ3) is 3.59. The molecule has 0 fully saturated rings. The monoisotopic (exact) mass is 393 g/mol. The Morgan fingerprint density at radius 1 is 0.900 bits per heavy atom. The zero-order valence-electron chi connectivity index (χ0n) is 16.2. The molecule has 0 spiro atoms. The molecule has 5 nitrogen and oxygen atoms in total. The third-order valence-electron chi connectivity index (χ3n) is 5.01. The Morgan fingerprint density at radius 3 is 2.07 bits per heavy atom. The maximum atomic E-state index is 13.6. The Kier molecular flexibility index (Phi) is 5.40. The van der Waals surface area contributed by atoms with Crippen molar-refractivity contribution >= 4 is 17.4 Å². The fourth-order valence-electron chi connectivity index (χ4n) is 3.66. The van der Waals surface area contributed by atoms with Gasteiger partial charge in [0.25, 0.3) is 5.91 Å². The highest BCUT2D eigenvalue weighted by Gasteiger charge is 2.43. The van der Waals surface area contributed by atoms with Crippen LogP contribution in [0.2, 0.25) is 0 Å². The van der Waals surface area contributed by atoms with E-state index in [1.807, 2.05) is 66.7 Å². The summed E-state index contributed by atoms with van der Waals surface area (Å²) in [4.78, 5) is 28.3. The number of benzene rings is 3. The topological polar surface area (TPSA) is 73.2 Å². The first-order chi connectivity index (χ1) is 14.7. The smallest absolute Gasteiger partial charge is 0.272 e. The van der Waals surface area contributed by atoms with Gasteiger partial charge in [-0.15, -0.1) is 0 Å². The number of hydrogen-bond acceptors (Lipinski definition) is 4. The standard InChI is InChI=1S/C25H19N3O2/c26-16-17-28-23(18-10-4-1-5-11-18)21(24(29)19-12-6-2-7-13-19)22(25(28)30)27-20-14-8-3-9-15-20/h1-15,23,27H,17H2. The third-order valence-corrected chi connectivity index (χ3v) is 5.01. The Morgan fingerprint density at radius 2 is 1.47 bits per heavy atom. The summed E-state index contributed by atoms with van der Waals surface area (Å²) >= 11 is 0. The number of para-hydroxylation sites is 1. The number of amides is 1. The summed E-state index contributed by atoms with van der Waals surface area (Å²) in [6, 6.07) is 28.9. The molecule has 4 rings (SSSR count). The predicted molar refractivity (Wildman–Crippen MR) is 114 cm³/mol. The van der Waals surface area contributed by atoms with Crippen molar-refractivity contribution in [1.29, 1.82) is 5.26 Å². The van der Waals surface area contributed by atoms with E-state index in [0.29, 0.717) is 16.8 Å². The lowest BCUT2D eigenvalue weighted by Crippen LogP contribution is -2.32. The van der Waals surface area contributed by atoms with Crippen molar-refractivity contribution < 1.29 is 9.59 Å². The fraction of sp³-hybridized carbons (Fsp3) is 0.0800. The molecule has 1 aliphatic heterocycles. The molecule has 1 aliphatic rings. The molecule has 1 atom stereocenters. The average molecular weight is 393 g/mol. The van der Waals surface area contributed by atoms with E-state index in [1.165, 1.54) is 4.90 Å². The zero-order valence-corrected chi connectivity index (χ0v) is 16.2. The molecule has 146 valence electrons. The minimum Gasteiger partial charge on any atom is -0.351 e.